The Hall–Kier alpha value is -0.380. The lowest BCUT2D eigenvalue weighted by atomic mass is 10.2. The van der Waals surface area contributed by atoms with E-state index in [9.17, 15) is 0 Å². The van der Waals surface area contributed by atoms with Crippen LogP contribution >= 0.6 is 11.3 Å². The zero-order valence-electron chi connectivity index (χ0n) is 7.75. The largest absolute Gasteiger partial charge is 0.315 e. The van der Waals surface area contributed by atoms with Crippen molar-refractivity contribution in [2.75, 3.05) is 19.6 Å². The summed E-state index contributed by atoms with van der Waals surface area (Å²) >= 11 is 1.85. The van der Waals surface area contributed by atoms with Gasteiger partial charge in [0.1, 0.15) is 0 Å². The van der Waals surface area contributed by atoms with E-state index in [2.05, 4.69) is 28.1 Å². The van der Waals surface area contributed by atoms with Crippen molar-refractivity contribution in [1.82, 2.24) is 10.6 Å². The second-order valence-corrected chi connectivity index (χ2v) is 4.51. The molecule has 0 aliphatic carbocycles. The van der Waals surface area contributed by atoms with Crippen molar-refractivity contribution in [3.63, 3.8) is 0 Å². The van der Waals surface area contributed by atoms with Crippen molar-refractivity contribution in [2.45, 2.75) is 18.9 Å². The van der Waals surface area contributed by atoms with Crippen LogP contribution in [0.4, 0.5) is 0 Å². The molecule has 0 spiro atoms. The lowest BCUT2D eigenvalue weighted by molar-refractivity contribution is 0.551. The summed E-state index contributed by atoms with van der Waals surface area (Å²) in [4.78, 5) is 1.48. The molecule has 0 amide bonds. The van der Waals surface area contributed by atoms with Gasteiger partial charge in [0.2, 0.25) is 0 Å². The van der Waals surface area contributed by atoms with E-state index in [0.717, 1.165) is 13.1 Å². The number of rotatable bonds is 4. The van der Waals surface area contributed by atoms with E-state index in [1.54, 1.807) is 0 Å². The molecule has 0 bridgehead atoms. The van der Waals surface area contributed by atoms with Gasteiger partial charge >= 0.3 is 0 Å². The Kier molecular flexibility index (Phi) is 3.35. The Labute approximate surface area is 83.4 Å². The van der Waals surface area contributed by atoms with Crippen LogP contribution in [0.1, 0.15) is 11.3 Å². The first kappa shape index (κ1) is 9.19. The Morgan fingerprint density at radius 3 is 3.31 bits per heavy atom. The lowest BCUT2D eigenvalue weighted by Crippen LogP contribution is -2.32. The molecule has 2 nitrogen and oxygen atoms in total. The molecule has 2 heterocycles. The van der Waals surface area contributed by atoms with Gasteiger partial charge in [-0.15, -0.1) is 11.3 Å². The van der Waals surface area contributed by atoms with Gasteiger partial charge in [-0.1, -0.05) is 6.07 Å². The predicted molar refractivity (Wildman–Crippen MR) is 57.3 cm³/mol. The van der Waals surface area contributed by atoms with Crippen LogP contribution in [0, 0.1) is 0 Å². The molecule has 1 aromatic heterocycles. The Morgan fingerprint density at radius 1 is 1.62 bits per heavy atom. The molecule has 1 unspecified atom stereocenters. The predicted octanol–water partition coefficient (Wildman–Crippen LogP) is 1.24. The third kappa shape index (κ3) is 2.79. The molecule has 1 atom stereocenters. The molecule has 0 aromatic carbocycles. The number of hydrogen-bond donors (Lipinski definition) is 2. The van der Waals surface area contributed by atoms with Gasteiger partial charge in [-0.2, -0.15) is 0 Å². The Balaban J connectivity index is 1.63. The van der Waals surface area contributed by atoms with Crippen LogP contribution in [0.25, 0.3) is 0 Å². The van der Waals surface area contributed by atoms with Gasteiger partial charge < -0.3 is 10.6 Å². The molecule has 1 saturated heterocycles. The van der Waals surface area contributed by atoms with Crippen molar-refractivity contribution in [3.05, 3.63) is 22.4 Å². The maximum Gasteiger partial charge on any atom is 0.0204 e. The zero-order chi connectivity index (χ0) is 8.93. The fraction of sp³-hybridized carbons (Fsp3) is 0.600. The van der Waals surface area contributed by atoms with Gasteiger partial charge in [-0.05, 0) is 30.8 Å². The summed E-state index contributed by atoms with van der Waals surface area (Å²) in [5, 5.41) is 9.07. The van der Waals surface area contributed by atoms with Crippen molar-refractivity contribution in [1.29, 1.82) is 0 Å². The second-order valence-electron chi connectivity index (χ2n) is 3.47. The molecule has 1 aliphatic heterocycles. The van der Waals surface area contributed by atoms with Gasteiger partial charge in [0.25, 0.3) is 0 Å². The van der Waals surface area contributed by atoms with E-state index in [1.807, 2.05) is 11.3 Å². The SMILES string of the molecule is c1csc(CCNC2CCNC2)c1. The van der Waals surface area contributed by atoms with Crippen molar-refractivity contribution in [2.24, 2.45) is 0 Å². The molecule has 3 heteroatoms. The van der Waals surface area contributed by atoms with Gasteiger partial charge in [-0.3, -0.25) is 0 Å². The highest BCUT2D eigenvalue weighted by atomic mass is 32.1. The van der Waals surface area contributed by atoms with Gasteiger partial charge in [0, 0.05) is 24.0 Å². The van der Waals surface area contributed by atoms with Crippen molar-refractivity contribution >= 4 is 11.3 Å². The van der Waals surface area contributed by atoms with E-state index in [4.69, 9.17) is 0 Å². The molecule has 72 valence electrons. The first-order valence-electron chi connectivity index (χ1n) is 4.91. The minimum Gasteiger partial charge on any atom is -0.315 e. The fourth-order valence-corrected chi connectivity index (χ4v) is 2.39. The fourth-order valence-electron chi connectivity index (χ4n) is 1.68. The quantitative estimate of drug-likeness (QED) is 0.757. The van der Waals surface area contributed by atoms with Crippen LogP contribution in [0.2, 0.25) is 0 Å². The number of nitrogens with one attached hydrogen (secondary N) is 2. The first-order valence-corrected chi connectivity index (χ1v) is 5.79. The van der Waals surface area contributed by atoms with Crippen molar-refractivity contribution in [3.8, 4) is 0 Å². The van der Waals surface area contributed by atoms with Crippen LogP contribution in [-0.4, -0.2) is 25.7 Å². The molecule has 13 heavy (non-hydrogen) atoms. The molecule has 2 rings (SSSR count). The molecule has 0 saturated carbocycles. The minimum atomic E-state index is 0.708. The minimum absolute atomic E-state index is 0.708. The summed E-state index contributed by atoms with van der Waals surface area (Å²) in [6, 6.07) is 5.04. The molecule has 1 aromatic rings. The highest BCUT2D eigenvalue weighted by Gasteiger charge is 2.12. The molecular formula is C10H16N2S. The topological polar surface area (TPSA) is 24.1 Å². The summed E-state index contributed by atoms with van der Waals surface area (Å²) in [7, 11) is 0. The van der Waals surface area contributed by atoms with Crippen LogP contribution in [0.5, 0.6) is 0 Å². The van der Waals surface area contributed by atoms with Gasteiger partial charge in [-0.25, -0.2) is 0 Å². The highest BCUT2D eigenvalue weighted by Crippen LogP contribution is 2.08. The highest BCUT2D eigenvalue weighted by molar-refractivity contribution is 7.09. The number of hydrogen-bond acceptors (Lipinski definition) is 3. The zero-order valence-corrected chi connectivity index (χ0v) is 8.57. The summed E-state index contributed by atoms with van der Waals surface area (Å²) < 4.78 is 0. The average Bonchev–Trinajstić information content (AvgIpc) is 2.75. The molecule has 1 fully saturated rings. The Bertz CT molecular complexity index is 227. The normalized spacial score (nSPS) is 22.3. The maximum absolute atomic E-state index is 3.56. The monoisotopic (exact) mass is 196 g/mol. The maximum atomic E-state index is 3.56. The van der Waals surface area contributed by atoms with Crippen LogP contribution in [0.15, 0.2) is 17.5 Å². The summed E-state index contributed by atoms with van der Waals surface area (Å²) in [6.07, 6.45) is 2.46. The first-order chi connectivity index (χ1) is 6.45. The molecule has 0 radical (unpaired) electrons. The van der Waals surface area contributed by atoms with Crippen LogP contribution < -0.4 is 10.6 Å². The third-order valence-corrected chi connectivity index (χ3v) is 3.38. The standard InChI is InChI=1S/C10H16N2S/c1-2-10(13-7-1)4-6-12-9-3-5-11-8-9/h1-2,7,9,11-12H,3-6,8H2. The molecule has 1 aliphatic rings. The van der Waals surface area contributed by atoms with Gasteiger partial charge in [0.15, 0.2) is 0 Å². The van der Waals surface area contributed by atoms with Crippen molar-refractivity contribution < 1.29 is 0 Å². The third-order valence-electron chi connectivity index (χ3n) is 2.44. The molecule has 2 N–H and O–H groups in total. The second kappa shape index (κ2) is 4.74. The average molecular weight is 196 g/mol. The van der Waals surface area contributed by atoms with E-state index in [0.29, 0.717) is 6.04 Å². The summed E-state index contributed by atoms with van der Waals surface area (Å²) in [6.45, 7) is 3.44. The number of thiophene rings is 1. The van der Waals surface area contributed by atoms with E-state index in [-0.39, 0.29) is 0 Å². The van der Waals surface area contributed by atoms with Crippen LogP contribution in [-0.2, 0) is 6.42 Å². The smallest absolute Gasteiger partial charge is 0.0204 e. The van der Waals surface area contributed by atoms with Crippen LogP contribution in [0.3, 0.4) is 0 Å². The summed E-state index contributed by atoms with van der Waals surface area (Å²) in [5.41, 5.74) is 0. The lowest BCUT2D eigenvalue weighted by Gasteiger charge is -2.09. The van der Waals surface area contributed by atoms with E-state index in [1.165, 1.54) is 24.3 Å². The summed E-state index contributed by atoms with van der Waals surface area (Å²) in [5.74, 6) is 0. The van der Waals surface area contributed by atoms with E-state index < -0.39 is 0 Å². The van der Waals surface area contributed by atoms with Gasteiger partial charge in [0.05, 0.1) is 0 Å². The molecular weight excluding hydrogens is 180 g/mol. The van der Waals surface area contributed by atoms with E-state index >= 15 is 0 Å². The Morgan fingerprint density at radius 2 is 2.62 bits per heavy atom.